The van der Waals surface area contributed by atoms with Gasteiger partial charge in [0.1, 0.15) is 16.8 Å². The fourth-order valence-electron chi connectivity index (χ4n) is 3.29. The molecule has 2 fully saturated rings. The number of para-hydroxylation sites is 1. The van der Waals surface area contributed by atoms with Crippen LogP contribution in [0.5, 0.6) is 5.75 Å². The van der Waals surface area contributed by atoms with Gasteiger partial charge in [-0.1, -0.05) is 12.1 Å². The second-order valence-electron chi connectivity index (χ2n) is 5.35. The Labute approximate surface area is 99.7 Å². The van der Waals surface area contributed by atoms with E-state index in [4.69, 9.17) is 9.47 Å². The monoisotopic (exact) mass is 230 g/mol. The Bertz CT molecular complexity index is 498. The quantitative estimate of drug-likeness (QED) is 0.685. The van der Waals surface area contributed by atoms with E-state index in [-0.39, 0.29) is 16.8 Å². The van der Waals surface area contributed by atoms with E-state index >= 15 is 0 Å². The summed E-state index contributed by atoms with van der Waals surface area (Å²) in [4.78, 5) is 12.7. The molecule has 0 bridgehead atoms. The molecule has 0 atom stereocenters. The molecule has 2 spiro atoms. The number of carbonyl (C=O) groups excluding carboxylic acids is 1. The van der Waals surface area contributed by atoms with E-state index in [1.165, 1.54) is 0 Å². The largest absolute Gasteiger partial charge is 0.485 e. The number of carbonyl (C=O) groups is 1. The van der Waals surface area contributed by atoms with Gasteiger partial charge >= 0.3 is 0 Å². The van der Waals surface area contributed by atoms with E-state index in [1.54, 1.807) is 0 Å². The molecule has 3 aliphatic rings. The van der Waals surface area contributed by atoms with Crippen molar-refractivity contribution in [2.75, 3.05) is 13.2 Å². The maximum absolute atomic E-state index is 12.7. The fraction of sp³-hybridized carbons (Fsp3) is 0.500. The summed E-state index contributed by atoms with van der Waals surface area (Å²) in [6, 6.07) is 7.59. The van der Waals surface area contributed by atoms with Crippen molar-refractivity contribution < 1.29 is 14.3 Å². The summed E-state index contributed by atoms with van der Waals surface area (Å²) >= 11 is 0. The molecule has 1 saturated carbocycles. The van der Waals surface area contributed by atoms with E-state index < -0.39 is 0 Å². The standard InChI is InChI=1S/C14H14O3/c15-12-10-4-1-2-5-11(10)17-14(6-3-7-14)13(12)8-16-9-13/h1-2,4-5H,3,6-9H2. The minimum absolute atomic E-state index is 0.227. The van der Waals surface area contributed by atoms with Crippen LogP contribution in [0.25, 0.3) is 0 Å². The molecule has 4 rings (SSSR count). The second-order valence-corrected chi connectivity index (χ2v) is 5.35. The van der Waals surface area contributed by atoms with Gasteiger partial charge in [-0.2, -0.15) is 0 Å². The Morgan fingerprint density at radius 3 is 2.47 bits per heavy atom. The summed E-state index contributed by atoms with van der Waals surface area (Å²) in [5, 5.41) is 0. The van der Waals surface area contributed by atoms with E-state index in [1.807, 2.05) is 24.3 Å². The molecule has 3 heteroatoms. The highest BCUT2D eigenvalue weighted by molar-refractivity contribution is 6.05. The SMILES string of the molecule is O=C1c2ccccc2OC2(CCC2)C12COC2. The van der Waals surface area contributed by atoms with Crippen LogP contribution in [0.15, 0.2) is 24.3 Å². The number of ether oxygens (including phenoxy) is 2. The van der Waals surface area contributed by atoms with Gasteiger partial charge in [-0.3, -0.25) is 4.79 Å². The van der Waals surface area contributed by atoms with E-state index in [0.717, 1.165) is 30.6 Å². The third-order valence-electron chi connectivity index (χ3n) is 4.60. The summed E-state index contributed by atoms with van der Waals surface area (Å²) in [5.41, 5.74) is 0.0735. The Hall–Kier alpha value is -1.35. The van der Waals surface area contributed by atoms with Gasteiger partial charge in [0.2, 0.25) is 0 Å². The molecule has 1 aromatic rings. The molecule has 1 saturated heterocycles. The lowest BCUT2D eigenvalue weighted by Crippen LogP contribution is -2.71. The van der Waals surface area contributed by atoms with Crippen LogP contribution in [0, 0.1) is 5.41 Å². The molecule has 1 aromatic carbocycles. The lowest BCUT2D eigenvalue weighted by molar-refractivity contribution is -0.213. The average molecular weight is 230 g/mol. The van der Waals surface area contributed by atoms with Crippen molar-refractivity contribution in [1.29, 1.82) is 0 Å². The average Bonchev–Trinajstić information content (AvgIpc) is 2.24. The van der Waals surface area contributed by atoms with Crippen LogP contribution in [0.4, 0.5) is 0 Å². The van der Waals surface area contributed by atoms with Crippen molar-refractivity contribution in [2.45, 2.75) is 24.9 Å². The van der Waals surface area contributed by atoms with Gasteiger partial charge in [0.25, 0.3) is 0 Å². The summed E-state index contributed by atoms with van der Waals surface area (Å²) in [5.74, 6) is 0.986. The molecule has 0 amide bonds. The summed E-state index contributed by atoms with van der Waals surface area (Å²) < 4.78 is 11.5. The number of hydrogen-bond donors (Lipinski definition) is 0. The van der Waals surface area contributed by atoms with Crippen molar-refractivity contribution in [2.24, 2.45) is 5.41 Å². The maximum Gasteiger partial charge on any atom is 0.181 e. The topological polar surface area (TPSA) is 35.5 Å². The van der Waals surface area contributed by atoms with Gasteiger partial charge in [-0.05, 0) is 31.4 Å². The molecule has 0 aromatic heterocycles. The predicted molar refractivity (Wildman–Crippen MR) is 61.2 cm³/mol. The van der Waals surface area contributed by atoms with Crippen molar-refractivity contribution in [1.82, 2.24) is 0 Å². The predicted octanol–water partition coefficient (Wildman–Crippen LogP) is 2.20. The summed E-state index contributed by atoms with van der Waals surface area (Å²) in [7, 11) is 0. The molecular formula is C14H14O3. The highest BCUT2D eigenvalue weighted by Crippen LogP contribution is 2.57. The third kappa shape index (κ3) is 0.951. The third-order valence-corrected chi connectivity index (χ3v) is 4.60. The minimum atomic E-state index is -0.389. The second kappa shape index (κ2) is 2.91. The van der Waals surface area contributed by atoms with Crippen LogP contribution in [-0.2, 0) is 4.74 Å². The number of Topliss-reactive ketones (excluding diaryl/α,β-unsaturated/α-hetero) is 1. The molecule has 2 heterocycles. The first-order valence-corrected chi connectivity index (χ1v) is 6.18. The number of ketones is 1. The number of hydrogen-bond acceptors (Lipinski definition) is 3. The lowest BCUT2D eigenvalue weighted by atomic mass is 9.56. The number of rotatable bonds is 0. The fourth-order valence-corrected chi connectivity index (χ4v) is 3.29. The number of benzene rings is 1. The first kappa shape index (κ1) is 9.66. The molecule has 0 N–H and O–H groups in total. The van der Waals surface area contributed by atoms with Gasteiger partial charge in [0, 0.05) is 0 Å². The van der Waals surface area contributed by atoms with Gasteiger partial charge in [0.05, 0.1) is 18.8 Å². The zero-order valence-corrected chi connectivity index (χ0v) is 9.57. The van der Waals surface area contributed by atoms with Crippen LogP contribution in [0.3, 0.4) is 0 Å². The first-order valence-electron chi connectivity index (χ1n) is 6.18. The molecule has 0 unspecified atom stereocenters. The zero-order valence-electron chi connectivity index (χ0n) is 9.57. The molecule has 2 aliphatic heterocycles. The van der Waals surface area contributed by atoms with Gasteiger partial charge < -0.3 is 9.47 Å². The Kier molecular flexibility index (Phi) is 1.65. The molecular weight excluding hydrogens is 216 g/mol. The summed E-state index contributed by atoms with van der Waals surface area (Å²) in [6.07, 6.45) is 3.12. The highest BCUT2D eigenvalue weighted by Gasteiger charge is 2.67. The lowest BCUT2D eigenvalue weighted by Gasteiger charge is -2.60. The van der Waals surface area contributed by atoms with Crippen LogP contribution < -0.4 is 4.74 Å². The van der Waals surface area contributed by atoms with Gasteiger partial charge in [-0.15, -0.1) is 0 Å². The highest BCUT2D eigenvalue weighted by atomic mass is 16.5. The molecule has 17 heavy (non-hydrogen) atoms. The molecule has 88 valence electrons. The van der Waals surface area contributed by atoms with Crippen molar-refractivity contribution >= 4 is 5.78 Å². The van der Waals surface area contributed by atoms with E-state index in [2.05, 4.69) is 0 Å². The van der Waals surface area contributed by atoms with Crippen molar-refractivity contribution in [3.8, 4) is 5.75 Å². The Morgan fingerprint density at radius 1 is 1.12 bits per heavy atom. The van der Waals surface area contributed by atoms with Gasteiger partial charge in [0.15, 0.2) is 5.78 Å². The van der Waals surface area contributed by atoms with Crippen molar-refractivity contribution in [3.05, 3.63) is 29.8 Å². The van der Waals surface area contributed by atoms with Crippen molar-refractivity contribution in [3.63, 3.8) is 0 Å². The molecule has 1 aliphatic carbocycles. The van der Waals surface area contributed by atoms with Crippen LogP contribution >= 0.6 is 0 Å². The number of fused-ring (bicyclic) bond motifs is 2. The molecule has 0 radical (unpaired) electrons. The minimum Gasteiger partial charge on any atom is -0.485 e. The van der Waals surface area contributed by atoms with Crippen LogP contribution in [-0.4, -0.2) is 24.6 Å². The zero-order chi connectivity index (χ0) is 11.5. The van der Waals surface area contributed by atoms with Gasteiger partial charge in [-0.25, -0.2) is 0 Å². The Morgan fingerprint density at radius 2 is 1.88 bits per heavy atom. The van der Waals surface area contributed by atoms with Crippen LogP contribution in [0.2, 0.25) is 0 Å². The maximum atomic E-state index is 12.7. The first-order chi connectivity index (χ1) is 8.28. The van der Waals surface area contributed by atoms with Crippen LogP contribution in [0.1, 0.15) is 29.6 Å². The Balaban J connectivity index is 1.89. The van der Waals surface area contributed by atoms with E-state index in [0.29, 0.717) is 13.2 Å². The normalized spacial score (nSPS) is 26.9. The smallest absolute Gasteiger partial charge is 0.181 e. The molecule has 3 nitrogen and oxygen atoms in total. The van der Waals surface area contributed by atoms with E-state index in [9.17, 15) is 4.79 Å². The summed E-state index contributed by atoms with van der Waals surface area (Å²) in [6.45, 7) is 1.06.